The number of nitriles is 1. The first-order valence-electron chi connectivity index (χ1n) is 9.84. The van der Waals surface area contributed by atoms with Crippen LogP contribution in [0.4, 0.5) is 5.69 Å². The summed E-state index contributed by atoms with van der Waals surface area (Å²) in [5.41, 5.74) is 8.70. The standard InChI is InChI=1S/C26H21N3OS/c27-16-22(26(29)31-24-11-4-3-10-23(24)28)19-8-5-9-20(15-19)25(30)21-13-12-17-6-1-2-7-18(17)14-21/h1-15,22,25,29-30H,28H2. The molecule has 5 heteroatoms. The van der Waals surface area contributed by atoms with E-state index in [0.717, 1.165) is 21.2 Å². The Hall–Kier alpha value is -3.59. The van der Waals surface area contributed by atoms with Gasteiger partial charge >= 0.3 is 0 Å². The minimum atomic E-state index is -0.824. The van der Waals surface area contributed by atoms with Crippen molar-refractivity contribution in [2.75, 3.05) is 5.73 Å². The average molecular weight is 424 g/mol. The van der Waals surface area contributed by atoms with E-state index in [1.807, 2.05) is 78.9 Å². The first kappa shape index (κ1) is 20.7. The molecule has 31 heavy (non-hydrogen) atoms. The zero-order chi connectivity index (χ0) is 21.8. The zero-order valence-corrected chi connectivity index (χ0v) is 17.5. The molecule has 2 atom stereocenters. The third-order valence-electron chi connectivity index (χ3n) is 5.18. The molecular formula is C26H21N3OS. The Kier molecular flexibility index (Phi) is 6.03. The van der Waals surface area contributed by atoms with Gasteiger partial charge in [0, 0.05) is 10.6 Å². The van der Waals surface area contributed by atoms with Crippen molar-refractivity contribution in [1.29, 1.82) is 10.7 Å². The van der Waals surface area contributed by atoms with E-state index in [4.69, 9.17) is 11.1 Å². The predicted octanol–water partition coefficient (Wildman–Crippen LogP) is 5.88. The van der Waals surface area contributed by atoms with Crippen molar-refractivity contribution in [3.63, 3.8) is 0 Å². The molecule has 0 spiro atoms. The minimum Gasteiger partial charge on any atom is -0.398 e. The molecule has 0 saturated heterocycles. The summed E-state index contributed by atoms with van der Waals surface area (Å²) in [5, 5.41) is 31.6. The van der Waals surface area contributed by atoms with E-state index in [0.29, 0.717) is 16.8 Å². The van der Waals surface area contributed by atoms with Crippen molar-refractivity contribution >= 4 is 33.3 Å². The van der Waals surface area contributed by atoms with Gasteiger partial charge < -0.3 is 10.8 Å². The maximum atomic E-state index is 11.0. The fraction of sp³-hybridized carbons (Fsp3) is 0.0769. The summed E-state index contributed by atoms with van der Waals surface area (Å²) < 4.78 is 0. The summed E-state index contributed by atoms with van der Waals surface area (Å²) in [6.07, 6.45) is -0.824. The van der Waals surface area contributed by atoms with Crippen molar-refractivity contribution in [2.24, 2.45) is 0 Å². The molecule has 4 N–H and O–H groups in total. The minimum absolute atomic E-state index is 0.192. The summed E-state index contributed by atoms with van der Waals surface area (Å²) in [6, 6.07) is 30.7. The molecule has 0 aliphatic rings. The van der Waals surface area contributed by atoms with E-state index in [2.05, 4.69) is 6.07 Å². The topological polar surface area (TPSA) is 93.9 Å². The lowest BCUT2D eigenvalue weighted by molar-refractivity contribution is 0.220. The van der Waals surface area contributed by atoms with Gasteiger partial charge in [-0.2, -0.15) is 5.26 Å². The number of nitrogen functional groups attached to an aromatic ring is 1. The van der Waals surface area contributed by atoms with E-state index >= 15 is 0 Å². The summed E-state index contributed by atoms with van der Waals surface area (Å²) >= 11 is 1.18. The maximum absolute atomic E-state index is 11.0. The van der Waals surface area contributed by atoms with Crippen molar-refractivity contribution in [1.82, 2.24) is 0 Å². The molecule has 4 nitrogen and oxygen atoms in total. The number of nitrogens with two attached hydrogens (primary N) is 1. The number of hydrogen-bond acceptors (Lipinski definition) is 5. The van der Waals surface area contributed by atoms with Crippen LogP contribution in [-0.2, 0) is 0 Å². The molecule has 2 unspecified atom stereocenters. The SMILES string of the molecule is N#CC(C(=N)Sc1ccccc1N)c1cccc(C(O)c2ccc3ccccc3c2)c1. The van der Waals surface area contributed by atoms with Crippen molar-refractivity contribution in [3.05, 3.63) is 108 Å². The molecule has 4 aromatic carbocycles. The molecular weight excluding hydrogens is 402 g/mol. The van der Waals surface area contributed by atoms with Gasteiger partial charge in [-0.3, -0.25) is 5.41 Å². The molecule has 0 saturated carbocycles. The van der Waals surface area contributed by atoms with Gasteiger partial charge in [0.2, 0.25) is 0 Å². The Morgan fingerprint density at radius 2 is 1.52 bits per heavy atom. The molecule has 0 aromatic heterocycles. The van der Waals surface area contributed by atoms with Crippen LogP contribution in [0, 0.1) is 16.7 Å². The highest BCUT2D eigenvalue weighted by atomic mass is 32.2. The van der Waals surface area contributed by atoms with Crippen molar-refractivity contribution < 1.29 is 5.11 Å². The molecule has 0 aliphatic carbocycles. The predicted molar refractivity (Wildman–Crippen MR) is 127 cm³/mol. The Labute approximate surface area is 185 Å². The normalized spacial score (nSPS) is 12.8. The van der Waals surface area contributed by atoms with Crippen LogP contribution in [0.5, 0.6) is 0 Å². The van der Waals surface area contributed by atoms with Gasteiger partial charge in [0.1, 0.15) is 12.0 Å². The highest BCUT2D eigenvalue weighted by Crippen LogP contribution is 2.33. The zero-order valence-electron chi connectivity index (χ0n) is 16.7. The van der Waals surface area contributed by atoms with Crippen LogP contribution >= 0.6 is 11.8 Å². The smallest absolute Gasteiger partial charge is 0.119 e. The summed E-state index contributed by atoms with van der Waals surface area (Å²) in [7, 11) is 0. The number of rotatable bonds is 5. The molecule has 0 radical (unpaired) electrons. The lowest BCUT2D eigenvalue weighted by Gasteiger charge is -2.16. The molecule has 4 rings (SSSR count). The second-order valence-corrected chi connectivity index (χ2v) is 8.33. The van der Waals surface area contributed by atoms with Crippen LogP contribution < -0.4 is 5.73 Å². The average Bonchev–Trinajstić information content (AvgIpc) is 2.80. The maximum Gasteiger partial charge on any atom is 0.119 e. The summed E-state index contributed by atoms with van der Waals surface area (Å²) in [5.74, 6) is -0.742. The van der Waals surface area contributed by atoms with Gasteiger partial charge in [0.25, 0.3) is 0 Å². The number of nitrogens with zero attached hydrogens (tertiary/aromatic N) is 1. The highest BCUT2D eigenvalue weighted by molar-refractivity contribution is 8.14. The van der Waals surface area contributed by atoms with Gasteiger partial charge in [-0.25, -0.2) is 0 Å². The second-order valence-electron chi connectivity index (χ2n) is 7.25. The fourth-order valence-electron chi connectivity index (χ4n) is 3.51. The number of para-hydroxylation sites is 1. The lowest BCUT2D eigenvalue weighted by Crippen LogP contribution is -2.08. The number of fused-ring (bicyclic) bond motifs is 1. The van der Waals surface area contributed by atoms with Gasteiger partial charge in [0.15, 0.2) is 0 Å². The molecule has 0 amide bonds. The van der Waals surface area contributed by atoms with Crippen LogP contribution in [-0.4, -0.2) is 10.2 Å². The van der Waals surface area contributed by atoms with Crippen LogP contribution in [0.1, 0.15) is 28.7 Å². The number of aliphatic hydroxyl groups is 1. The van der Waals surface area contributed by atoms with E-state index in [-0.39, 0.29) is 5.04 Å². The largest absolute Gasteiger partial charge is 0.398 e. The Morgan fingerprint density at radius 1 is 0.839 bits per heavy atom. The van der Waals surface area contributed by atoms with E-state index < -0.39 is 12.0 Å². The number of thioether (sulfide) groups is 1. The van der Waals surface area contributed by atoms with Gasteiger partial charge in [-0.05, 0) is 45.7 Å². The Balaban J connectivity index is 1.60. The monoisotopic (exact) mass is 423 g/mol. The molecule has 152 valence electrons. The van der Waals surface area contributed by atoms with Crippen LogP contribution in [0.15, 0.2) is 95.9 Å². The third-order valence-corrected chi connectivity index (χ3v) is 6.23. The van der Waals surface area contributed by atoms with Crippen LogP contribution in [0.25, 0.3) is 10.8 Å². The first-order chi connectivity index (χ1) is 15.1. The van der Waals surface area contributed by atoms with Gasteiger partial charge in [0.05, 0.1) is 11.1 Å². The Morgan fingerprint density at radius 3 is 2.29 bits per heavy atom. The van der Waals surface area contributed by atoms with E-state index in [1.54, 1.807) is 12.1 Å². The second kappa shape index (κ2) is 9.05. The van der Waals surface area contributed by atoms with Crippen molar-refractivity contribution in [3.8, 4) is 6.07 Å². The van der Waals surface area contributed by atoms with Crippen molar-refractivity contribution in [2.45, 2.75) is 16.9 Å². The van der Waals surface area contributed by atoms with Gasteiger partial charge in [-0.1, -0.05) is 84.6 Å². The van der Waals surface area contributed by atoms with Crippen LogP contribution in [0.3, 0.4) is 0 Å². The molecule has 0 bridgehead atoms. The summed E-state index contributed by atoms with van der Waals surface area (Å²) in [6.45, 7) is 0. The molecule has 0 fully saturated rings. The number of anilines is 1. The first-order valence-corrected chi connectivity index (χ1v) is 10.7. The highest BCUT2D eigenvalue weighted by Gasteiger charge is 2.20. The number of benzene rings is 4. The molecule has 0 heterocycles. The number of aliphatic hydroxyl groups excluding tert-OH is 1. The summed E-state index contributed by atoms with van der Waals surface area (Å²) in [4.78, 5) is 0.750. The van der Waals surface area contributed by atoms with E-state index in [1.165, 1.54) is 11.8 Å². The number of nitrogens with one attached hydrogen (secondary N) is 1. The molecule has 0 aliphatic heterocycles. The fourth-order valence-corrected chi connectivity index (χ4v) is 4.39. The lowest BCUT2D eigenvalue weighted by atomic mass is 9.94. The number of hydrogen-bond donors (Lipinski definition) is 3. The third kappa shape index (κ3) is 4.46. The van der Waals surface area contributed by atoms with E-state index in [9.17, 15) is 10.4 Å². The Bertz CT molecular complexity index is 1300. The quantitative estimate of drug-likeness (QED) is 0.162. The van der Waals surface area contributed by atoms with Gasteiger partial charge in [-0.15, -0.1) is 0 Å². The van der Waals surface area contributed by atoms with Crippen LogP contribution in [0.2, 0.25) is 0 Å². The molecule has 4 aromatic rings.